The Kier molecular flexibility index (Phi) is 6.22. The van der Waals surface area contributed by atoms with Crippen molar-refractivity contribution in [2.24, 2.45) is 0 Å². The maximum absolute atomic E-state index is 12.3. The van der Waals surface area contributed by atoms with E-state index in [4.69, 9.17) is 16.3 Å². The van der Waals surface area contributed by atoms with Gasteiger partial charge in [-0.05, 0) is 35.9 Å². The first-order valence-corrected chi connectivity index (χ1v) is 8.78. The number of halogens is 1. The zero-order valence-electron chi connectivity index (χ0n) is 14.5. The predicted molar refractivity (Wildman–Crippen MR) is 103 cm³/mol. The second kappa shape index (κ2) is 9.00. The normalized spacial score (nSPS) is 10.4. The van der Waals surface area contributed by atoms with Crippen LogP contribution >= 0.6 is 11.6 Å². The van der Waals surface area contributed by atoms with E-state index in [2.05, 4.69) is 10.4 Å². The average molecular weight is 384 g/mol. The molecule has 6 nitrogen and oxygen atoms in total. The summed E-state index contributed by atoms with van der Waals surface area (Å²) in [5.41, 5.74) is 0.847. The SMILES string of the molecule is O=C(NCCOc1ccc(Cl)cc1)c1ccc(=O)n(Cc2ccccc2)n1. The van der Waals surface area contributed by atoms with Gasteiger partial charge in [-0.3, -0.25) is 9.59 Å². The van der Waals surface area contributed by atoms with Crippen LogP contribution in [0.25, 0.3) is 0 Å². The zero-order chi connectivity index (χ0) is 19.1. The number of carbonyl (C=O) groups excluding carboxylic acids is 1. The molecule has 0 spiro atoms. The van der Waals surface area contributed by atoms with E-state index < -0.39 is 0 Å². The summed E-state index contributed by atoms with van der Waals surface area (Å²) in [5, 5.41) is 7.51. The van der Waals surface area contributed by atoms with Crippen molar-refractivity contribution >= 4 is 17.5 Å². The van der Waals surface area contributed by atoms with E-state index >= 15 is 0 Å². The Morgan fingerprint density at radius 2 is 1.78 bits per heavy atom. The fourth-order valence-electron chi connectivity index (χ4n) is 2.39. The van der Waals surface area contributed by atoms with Crippen molar-refractivity contribution in [1.82, 2.24) is 15.1 Å². The van der Waals surface area contributed by atoms with Crippen molar-refractivity contribution in [2.75, 3.05) is 13.2 Å². The molecule has 0 saturated heterocycles. The maximum atomic E-state index is 12.3. The molecule has 0 fully saturated rings. The van der Waals surface area contributed by atoms with Crippen molar-refractivity contribution in [3.05, 3.63) is 93.4 Å². The molecule has 0 aliphatic carbocycles. The molecule has 0 aliphatic heterocycles. The van der Waals surface area contributed by atoms with Gasteiger partial charge in [-0.1, -0.05) is 41.9 Å². The molecule has 0 bridgehead atoms. The molecule has 1 heterocycles. The Balaban J connectivity index is 1.55. The van der Waals surface area contributed by atoms with Crippen LogP contribution in [0.5, 0.6) is 5.75 Å². The minimum absolute atomic E-state index is 0.178. The van der Waals surface area contributed by atoms with Gasteiger partial charge < -0.3 is 10.1 Å². The van der Waals surface area contributed by atoms with Gasteiger partial charge in [0.05, 0.1) is 13.1 Å². The second-order valence-corrected chi connectivity index (χ2v) is 6.19. The van der Waals surface area contributed by atoms with E-state index in [1.165, 1.54) is 16.8 Å². The number of hydrogen-bond donors (Lipinski definition) is 1. The van der Waals surface area contributed by atoms with Gasteiger partial charge in [-0.2, -0.15) is 5.10 Å². The van der Waals surface area contributed by atoms with E-state index in [1.807, 2.05) is 30.3 Å². The first kappa shape index (κ1) is 18.7. The van der Waals surface area contributed by atoms with Gasteiger partial charge in [-0.15, -0.1) is 0 Å². The molecular formula is C20H18ClN3O3. The fourth-order valence-corrected chi connectivity index (χ4v) is 2.52. The molecule has 0 saturated carbocycles. The lowest BCUT2D eigenvalue weighted by Gasteiger charge is -2.09. The number of rotatable bonds is 7. The molecular weight excluding hydrogens is 366 g/mol. The van der Waals surface area contributed by atoms with Crippen molar-refractivity contribution in [2.45, 2.75) is 6.54 Å². The Morgan fingerprint density at radius 1 is 1.04 bits per heavy atom. The van der Waals surface area contributed by atoms with Crippen LogP contribution in [-0.2, 0) is 6.54 Å². The van der Waals surface area contributed by atoms with Crippen LogP contribution in [0.1, 0.15) is 16.1 Å². The summed E-state index contributed by atoms with van der Waals surface area (Å²) in [6.07, 6.45) is 0. The highest BCUT2D eigenvalue weighted by Crippen LogP contribution is 2.15. The smallest absolute Gasteiger partial charge is 0.271 e. The highest BCUT2D eigenvalue weighted by atomic mass is 35.5. The topological polar surface area (TPSA) is 73.2 Å². The third-order valence-corrected chi connectivity index (χ3v) is 4.00. The van der Waals surface area contributed by atoms with Gasteiger partial charge in [0.1, 0.15) is 18.1 Å². The zero-order valence-corrected chi connectivity index (χ0v) is 15.2. The van der Waals surface area contributed by atoms with Gasteiger partial charge in [0.15, 0.2) is 0 Å². The summed E-state index contributed by atoms with van der Waals surface area (Å²) in [4.78, 5) is 24.2. The van der Waals surface area contributed by atoms with Crippen LogP contribution < -0.4 is 15.6 Å². The minimum Gasteiger partial charge on any atom is -0.492 e. The van der Waals surface area contributed by atoms with Gasteiger partial charge in [0, 0.05) is 11.1 Å². The van der Waals surface area contributed by atoms with E-state index in [9.17, 15) is 9.59 Å². The van der Waals surface area contributed by atoms with E-state index in [-0.39, 0.29) is 17.2 Å². The van der Waals surface area contributed by atoms with E-state index in [0.717, 1.165) is 5.56 Å². The maximum Gasteiger partial charge on any atom is 0.271 e. The van der Waals surface area contributed by atoms with Crippen LogP contribution in [0.4, 0.5) is 0 Å². The van der Waals surface area contributed by atoms with Crippen molar-refractivity contribution in [3.63, 3.8) is 0 Å². The number of carbonyl (C=O) groups is 1. The number of amides is 1. The fraction of sp³-hybridized carbons (Fsp3) is 0.150. The van der Waals surface area contributed by atoms with Crippen molar-refractivity contribution in [3.8, 4) is 5.75 Å². The van der Waals surface area contributed by atoms with E-state index in [1.54, 1.807) is 24.3 Å². The van der Waals surface area contributed by atoms with Gasteiger partial charge in [0.2, 0.25) is 0 Å². The lowest BCUT2D eigenvalue weighted by molar-refractivity contribution is 0.0939. The number of ether oxygens (including phenoxy) is 1. The lowest BCUT2D eigenvalue weighted by atomic mass is 10.2. The molecule has 0 aliphatic rings. The van der Waals surface area contributed by atoms with Crippen LogP contribution in [0.2, 0.25) is 5.02 Å². The highest BCUT2D eigenvalue weighted by molar-refractivity contribution is 6.30. The largest absolute Gasteiger partial charge is 0.492 e. The Bertz CT molecular complexity index is 956. The van der Waals surface area contributed by atoms with Crippen LogP contribution in [0.15, 0.2) is 71.5 Å². The predicted octanol–water partition coefficient (Wildman–Crippen LogP) is 2.75. The number of hydrogen-bond acceptors (Lipinski definition) is 4. The Labute approximate surface area is 161 Å². The Hall–Kier alpha value is -3.12. The van der Waals surface area contributed by atoms with E-state index in [0.29, 0.717) is 30.5 Å². The first-order chi connectivity index (χ1) is 13.1. The summed E-state index contributed by atoms with van der Waals surface area (Å²) in [6.45, 7) is 0.915. The monoisotopic (exact) mass is 383 g/mol. The van der Waals surface area contributed by atoms with Gasteiger partial charge in [-0.25, -0.2) is 4.68 Å². The minimum atomic E-state index is -0.364. The lowest BCUT2D eigenvalue weighted by Crippen LogP contribution is -2.32. The molecule has 0 atom stereocenters. The molecule has 1 aromatic heterocycles. The summed E-state index contributed by atoms with van der Waals surface area (Å²) < 4.78 is 6.79. The third-order valence-electron chi connectivity index (χ3n) is 3.74. The molecule has 7 heteroatoms. The number of aromatic nitrogens is 2. The third kappa shape index (κ3) is 5.43. The van der Waals surface area contributed by atoms with Crippen LogP contribution in [0.3, 0.4) is 0 Å². The molecule has 1 amide bonds. The highest BCUT2D eigenvalue weighted by Gasteiger charge is 2.09. The quantitative estimate of drug-likeness (QED) is 0.637. The molecule has 2 aromatic carbocycles. The summed E-state index contributed by atoms with van der Waals surface area (Å²) in [7, 11) is 0. The molecule has 27 heavy (non-hydrogen) atoms. The number of nitrogens with one attached hydrogen (secondary N) is 1. The molecule has 3 aromatic rings. The Morgan fingerprint density at radius 3 is 2.52 bits per heavy atom. The number of nitrogens with zero attached hydrogens (tertiary/aromatic N) is 2. The van der Waals surface area contributed by atoms with Gasteiger partial charge in [0.25, 0.3) is 11.5 Å². The molecule has 3 rings (SSSR count). The molecule has 1 N–H and O–H groups in total. The first-order valence-electron chi connectivity index (χ1n) is 8.40. The van der Waals surface area contributed by atoms with Gasteiger partial charge >= 0.3 is 0 Å². The van der Waals surface area contributed by atoms with Crippen molar-refractivity contribution in [1.29, 1.82) is 0 Å². The number of benzene rings is 2. The molecule has 0 unspecified atom stereocenters. The average Bonchev–Trinajstić information content (AvgIpc) is 2.69. The van der Waals surface area contributed by atoms with Crippen LogP contribution in [0, 0.1) is 0 Å². The second-order valence-electron chi connectivity index (χ2n) is 5.76. The summed E-state index contributed by atoms with van der Waals surface area (Å²) in [6, 6.07) is 19.2. The van der Waals surface area contributed by atoms with Crippen molar-refractivity contribution < 1.29 is 9.53 Å². The van der Waals surface area contributed by atoms with Crippen LogP contribution in [-0.4, -0.2) is 28.8 Å². The summed E-state index contributed by atoms with van der Waals surface area (Å²) >= 11 is 5.81. The standard InChI is InChI=1S/C20H18ClN3O3/c21-16-6-8-17(9-7-16)27-13-12-22-20(26)18-10-11-19(25)24(23-18)14-15-4-2-1-3-5-15/h1-11H,12-14H2,(H,22,26). The molecule has 138 valence electrons. The summed E-state index contributed by atoms with van der Waals surface area (Å²) in [5.74, 6) is 0.305. The molecule has 0 radical (unpaired) electrons.